The number of piperidine rings is 2. The monoisotopic (exact) mass is 495 g/mol. The highest BCUT2D eigenvalue weighted by molar-refractivity contribution is 5.94. The van der Waals surface area contributed by atoms with E-state index in [9.17, 15) is 19.1 Å². The smallest absolute Gasteiger partial charge is 0.226 e. The first kappa shape index (κ1) is 24.6. The summed E-state index contributed by atoms with van der Waals surface area (Å²) in [5, 5.41) is 13.0. The minimum atomic E-state index is -0.511. The number of aliphatic hydroxyl groups is 1. The van der Waals surface area contributed by atoms with Crippen molar-refractivity contribution < 1.29 is 19.1 Å². The topological polar surface area (TPSA) is 98.7 Å². The van der Waals surface area contributed by atoms with E-state index in [-0.39, 0.29) is 35.6 Å². The molecule has 1 saturated carbocycles. The van der Waals surface area contributed by atoms with Gasteiger partial charge in [-0.25, -0.2) is 14.4 Å². The van der Waals surface area contributed by atoms with E-state index < -0.39 is 5.82 Å². The number of nitrogens with one attached hydrogen (secondary N) is 1. The van der Waals surface area contributed by atoms with Crippen molar-refractivity contribution in [1.82, 2.24) is 14.9 Å². The maximum Gasteiger partial charge on any atom is 0.226 e. The van der Waals surface area contributed by atoms with Gasteiger partial charge in [0.2, 0.25) is 17.8 Å². The number of likely N-dealkylation sites (tertiary alicyclic amines) is 1. The number of aliphatic hydroxyl groups excluding tert-OH is 1. The van der Waals surface area contributed by atoms with Crippen molar-refractivity contribution in [3.63, 3.8) is 0 Å². The molecule has 3 aliphatic rings. The predicted molar refractivity (Wildman–Crippen MR) is 135 cm³/mol. The molecule has 2 saturated heterocycles. The molecule has 2 amide bonds. The number of benzene rings is 1. The fourth-order valence-corrected chi connectivity index (χ4v) is 5.55. The summed E-state index contributed by atoms with van der Waals surface area (Å²) in [6.07, 6.45) is 7.82. The van der Waals surface area contributed by atoms with Crippen LogP contribution in [0.2, 0.25) is 0 Å². The summed E-state index contributed by atoms with van der Waals surface area (Å²) in [6, 6.07) is 7.42. The summed E-state index contributed by atoms with van der Waals surface area (Å²) in [5.41, 5.74) is 1.57. The largest absolute Gasteiger partial charge is 0.393 e. The van der Waals surface area contributed by atoms with Gasteiger partial charge in [0.25, 0.3) is 0 Å². The summed E-state index contributed by atoms with van der Waals surface area (Å²) in [7, 11) is 0. The molecule has 0 spiro atoms. The number of hydrogen-bond acceptors (Lipinski definition) is 6. The molecule has 3 fully saturated rings. The van der Waals surface area contributed by atoms with Crippen LogP contribution in [-0.2, 0) is 9.59 Å². The van der Waals surface area contributed by atoms with Crippen LogP contribution in [0, 0.1) is 11.7 Å². The minimum Gasteiger partial charge on any atom is -0.393 e. The first-order chi connectivity index (χ1) is 17.5. The minimum absolute atomic E-state index is 0.0169. The lowest BCUT2D eigenvalue weighted by molar-refractivity contribution is -0.138. The summed E-state index contributed by atoms with van der Waals surface area (Å²) < 4.78 is 14.7. The zero-order chi connectivity index (χ0) is 25.1. The molecule has 9 heteroatoms. The van der Waals surface area contributed by atoms with E-state index in [1.165, 1.54) is 6.20 Å². The molecule has 0 atom stereocenters. The molecule has 2 N–H and O–H groups in total. The number of carbonyl (C=O) groups excluding carboxylic acids is 2. The average molecular weight is 496 g/mol. The molecule has 1 aromatic carbocycles. The Labute approximate surface area is 210 Å². The van der Waals surface area contributed by atoms with Crippen molar-refractivity contribution in [3.8, 4) is 11.3 Å². The maximum absolute atomic E-state index is 14.7. The first-order valence-electron chi connectivity index (χ1n) is 13.1. The zero-order valence-corrected chi connectivity index (χ0v) is 20.5. The van der Waals surface area contributed by atoms with Gasteiger partial charge in [-0.1, -0.05) is 12.1 Å². The molecule has 36 heavy (non-hydrogen) atoms. The van der Waals surface area contributed by atoms with Gasteiger partial charge in [-0.05, 0) is 63.5 Å². The van der Waals surface area contributed by atoms with E-state index in [1.54, 1.807) is 11.0 Å². The molecule has 0 radical (unpaired) electrons. The molecule has 3 heterocycles. The van der Waals surface area contributed by atoms with Gasteiger partial charge >= 0.3 is 0 Å². The summed E-state index contributed by atoms with van der Waals surface area (Å²) in [4.78, 5) is 37.5. The second kappa shape index (κ2) is 10.9. The number of nitrogens with zero attached hydrogens (tertiary/aromatic N) is 4. The van der Waals surface area contributed by atoms with Crippen molar-refractivity contribution >= 4 is 23.5 Å². The van der Waals surface area contributed by atoms with Crippen LogP contribution in [0.3, 0.4) is 0 Å². The first-order valence-corrected chi connectivity index (χ1v) is 13.1. The fraction of sp³-hybridized carbons (Fsp3) is 0.556. The van der Waals surface area contributed by atoms with E-state index in [1.807, 2.05) is 23.1 Å². The molecular formula is C27H34FN5O3. The number of anilines is 2. The van der Waals surface area contributed by atoms with Crippen molar-refractivity contribution in [3.05, 3.63) is 36.3 Å². The van der Waals surface area contributed by atoms with Crippen molar-refractivity contribution in [1.29, 1.82) is 0 Å². The van der Waals surface area contributed by atoms with E-state index in [0.29, 0.717) is 50.4 Å². The molecule has 8 nitrogen and oxygen atoms in total. The third-order valence-electron chi connectivity index (χ3n) is 7.68. The van der Waals surface area contributed by atoms with E-state index >= 15 is 0 Å². The third-order valence-corrected chi connectivity index (χ3v) is 7.68. The highest BCUT2D eigenvalue weighted by atomic mass is 19.1. The molecular weight excluding hydrogens is 461 g/mol. The number of rotatable bonds is 5. The van der Waals surface area contributed by atoms with Crippen molar-refractivity contribution in [2.75, 3.05) is 29.9 Å². The van der Waals surface area contributed by atoms with Crippen LogP contribution in [-0.4, -0.2) is 63.6 Å². The van der Waals surface area contributed by atoms with Crippen LogP contribution in [0.15, 0.2) is 30.5 Å². The quantitative estimate of drug-likeness (QED) is 0.656. The van der Waals surface area contributed by atoms with Crippen LogP contribution < -0.4 is 10.2 Å². The van der Waals surface area contributed by atoms with Gasteiger partial charge in [0, 0.05) is 49.3 Å². The van der Waals surface area contributed by atoms with Crippen LogP contribution in [0.5, 0.6) is 0 Å². The second-order valence-corrected chi connectivity index (χ2v) is 10.2. The Bertz CT molecular complexity index is 1100. The van der Waals surface area contributed by atoms with Gasteiger partial charge in [-0.3, -0.25) is 9.59 Å². The Kier molecular flexibility index (Phi) is 7.46. The normalized spacial score (nSPS) is 23.6. The lowest BCUT2D eigenvalue weighted by Gasteiger charge is -2.35. The average Bonchev–Trinajstić information content (AvgIpc) is 2.90. The Hall–Kier alpha value is -3.07. The summed E-state index contributed by atoms with van der Waals surface area (Å²) >= 11 is 0. The number of halogens is 1. The standard InChI is InChI=1S/C27H34FN5O3/c28-23-17-29-27(30-20-9-7-18(8-10-20)26(36)32-14-11-22(34)12-15-32)31-25(23)19-4-3-5-21(16-19)33-13-2-1-6-24(33)35/h3-5,16-18,20,22,34H,1-2,6-15H2,(H,29,30,31)/t18-,20-. The number of aromatic nitrogens is 2. The van der Waals surface area contributed by atoms with Gasteiger partial charge < -0.3 is 20.2 Å². The second-order valence-electron chi connectivity index (χ2n) is 10.2. The molecule has 2 aromatic rings. The van der Waals surface area contributed by atoms with Crippen LogP contribution in [0.1, 0.15) is 57.8 Å². The lowest BCUT2D eigenvalue weighted by atomic mass is 9.85. The van der Waals surface area contributed by atoms with Gasteiger partial charge in [0.1, 0.15) is 5.69 Å². The number of hydrogen-bond donors (Lipinski definition) is 2. The lowest BCUT2D eigenvalue weighted by Crippen LogP contribution is -2.44. The highest BCUT2D eigenvalue weighted by Crippen LogP contribution is 2.31. The van der Waals surface area contributed by atoms with Crippen LogP contribution in [0.4, 0.5) is 16.0 Å². The van der Waals surface area contributed by atoms with Crippen LogP contribution >= 0.6 is 0 Å². The predicted octanol–water partition coefficient (Wildman–Crippen LogP) is 3.75. The maximum atomic E-state index is 14.7. The Balaban J connectivity index is 1.22. The Morgan fingerprint density at radius 1 is 1.06 bits per heavy atom. The zero-order valence-electron chi connectivity index (χ0n) is 20.5. The number of carbonyl (C=O) groups is 2. The van der Waals surface area contributed by atoms with E-state index in [2.05, 4.69) is 15.3 Å². The summed E-state index contributed by atoms with van der Waals surface area (Å²) in [6.45, 7) is 1.95. The Morgan fingerprint density at radius 2 is 1.83 bits per heavy atom. The molecule has 1 aliphatic carbocycles. The molecule has 0 bridgehead atoms. The Morgan fingerprint density at radius 3 is 2.58 bits per heavy atom. The van der Waals surface area contributed by atoms with Crippen molar-refractivity contribution in [2.45, 2.75) is 69.9 Å². The molecule has 2 aliphatic heterocycles. The molecule has 192 valence electrons. The van der Waals surface area contributed by atoms with Gasteiger partial charge in [0.05, 0.1) is 12.3 Å². The van der Waals surface area contributed by atoms with E-state index in [4.69, 9.17) is 0 Å². The van der Waals surface area contributed by atoms with Crippen LogP contribution in [0.25, 0.3) is 11.3 Å². The SMILES string of the molecule is O=C1CCCCN1c1cccc(-c2nc(N[C@H]3CC[C@H](C(=O)N4CCC(O)CC4)CC3)ncc2F)c1. The third kappa shape index (κ3) is 5.51. The van der Waals surface area contributed by atoms with Gasteiger partial charge in [-0.2, -0.15) is 0 Å². The van der Waals surface area contributed by atoms with E-state index in [0.717, 1.165) is 44.2 Å². The van der Waals surface area contributed by atoms with Crippen molar-refractivity contribution in [2.24, 2.45) is 5.92 Å². The number of amides is 2. The van der Waals surface area contributed by atoms with Gasteiger partial charge in [-0.15, -0.1) is 0 Å². The fourth-order valence-electron chi connectivity index (χ4n) is 5.55. The highest BCUT2D eigenvalue weighted by Gasteiger charge is 2.31. The molecule has 5 rings (SSSR count). The molecule has 1 aromatic heterocycles. The summed E-state index contributed by atoms with van der Waals surface area (Å²) in [5.74, 6) is 0.168. The molecule has 0 unspecified atom stereocenters. The van der Waals surface area contributed by atoms with Gasteiger partial charge in [0.15, 0.2) is 5.82 Å².